The highest BCUT2D eigenvalue weighted by molar-refractivity contribution is 9.11. The molecule has 0 saturated carbocycles. The lowest BCUT2D eigenvalue weighted by Gasteiger charge is -2.01. The number of hydrogen-bond acceptors (Lipinski definition) is 2. The quantitative estimate of drug-likeness (QED) is 0.777. The summed E-state index contributed by atoms with van der Waals surface area (Å²) in [5.74, 6) is 0.570. The highest BCUT2D eigenvalue weighted by Gasteiger charge is 1.97. The van der Waals surface area contributed by atoms with Crippen LogP contribution < -0.4 is 5.73 Å². The standard InChI is InChI=1S/C8H9BrN2/c1-6-3-5-11-8(10)7(6)2-4-9/h2-5H,1H3,(H2,10,11)/b4-2+. The predicted octanol–water partition coefficient (Wildman–Crippen LogP) is 2.34. The molecule has 3 heteroatoms. The fraction of sp³-hybridized carbons (Fsp3) is 0.125. The van der Waals surface area contributed by atoms with Gasteiger partial charge in [-0.05, 0) is 29.6 Å². The molecule has 0 aliphatic heterocycles. The summed E-state index contributed by atoms with van der Waals surface area (Å²) in [6, 6.07) is 1.93. The maximum absolute atomic E-state index is 5.62. The third kappa shape index (κ3) is 1.80. The van der Waals surface area contributed by atoms with Crippen LogP contribution in [0.1, 0.15) is 11.1 Å². The van der Waals surface area contributed by atoms with Crippen LogP contribution >= 0.6 is 15.9 Å². The smallest absolute Gasteiger partial charge is 0.130 e. The fourth-order valence-electron chi connectivity index (χ4n) is 0.871. The Hall–Kier alpha value is -0.830. The van der Waals surface area contributed by atoms with E-state index in [9.17, 15) is 0 Å². The first kappa shape index (κ1) is 8.27. The van der Waals surface area contributed by atoms with Crippen LogP contribution in [-0.2, 0) is 0 Å². The van der Waals surface area contributed by atoms with Gasteiger partial charge in [0.15, 0.2) is 0 Å². The molecular weight excluding hydrogens is 204 g/mol. The molecule has 58 valence electrons. The normalized spacial score (nSPS) is 10.7. The summed E-state index contributed by atoms with van der Waals surface area (Å²) in [7, 11) is 0. The minimum atomic E-state index is 0.570. The number of pyridine rings is 1. The van der Waals surface area contributed by atoms with E-state index in [1.54, 1.807) is 11.2 Å². The third-order valence-corrected chi connectivity index (χ3v) is 1.73. The first-order valence-electron chi connectivity index (χ1n) is 3.23. The molecule has 0 atom stereocenters. The van der Waals surface area contributed by atoms with Gasteiger partial charge < -0.3 is 5.73 Å². The molecule has 0 radical (unpaired) electrons. The van der Waals surface area contributed by atoms with Gasteiger partial charge in [-0.1, -0.05) is 15.9 Å². The molecule has 2 N–H and O–H groups in total. The number of rotatable bonds is 1. The topological polar surface area (TPSA) is 38.9 Å². The maximum atomic E-state index is 5.62. The highest BCUT2D eigenvalue weighted by Crippen LogP contribution is 2.15. The molecule has 0 aromatic carbocycles. The number of anilines is 1. The van der Waals surface area contributed by atoms with Gasteiger partial charge in [0.25, 0.3) is 0 Å². The number of nitrogens with zero attached hydrogens (tertiary/aromatic N) is 1. The highest BCUT2D eigenvalue weighted by atomic mass is 79.9. The number of halogens is 1. The molecule has 2 nitrogen and oxygen atoms in total. The van der Waals surface area contributed by atoms with E-state index in [4.69, 9.17) is 5.73 Å². The van der Waals surface area contributed by atoms with Crippen LogP contribution in [0.4, 0.5) is 5.82 Å². The van der Waals surface area contributed by atoms with E-state index in [1.807, 2.05) is 19.1 Å². The summed E-state index contributed by atoms with van der Waals surface area (Å²) in [5, 5.41) is 0. The van der Waals surface area contributed by atoms with Crippen molar-refractivity contribution in [3.8, 4) is 0 Å². The number of nitrogens with two attached hydrogens (primary N) is 1. The Balaban J connectivity index is 3.20. The summed E-state index contributed by atoms with van der Waals surface area (Å²) in [6.07, 6.45) is 3.59. The van der Waals surface area contributed by atoms with E-state index < -0.39 is 0 Å². The maximum Gasteiger partial charge on any atom is 0.130 e. The molecule has 0 spiro atoms. The first-order chi connectivity index (χ1) is 5.25. The molecule has 0 amide bonds. The van der Waals surface area contributed by atoms with Crippen molar-refractivity contribution in [1.29, 1.82) is 0 Å². The average molecular weight is 213 g/mol. The van der Waals surface area contributed by atoms with Crippen LogP contribution in [0.25, 0.3) is 6.08 Å². The second-order valence-corrected chi connectivity index (χ2v) is 2.75. The molecule has 1 aromatic heterocycles. The van der Waals surface area contributed by atoms with Crippen molar-refractivity contribution in [1.82, 2.24) is 4.98 Å². The zero-order valence-electron chi connectivity index (χ0n) is 6.21. The van der Waals surface area contributed by atoms with E-state index >= 15 is 0 Å². The number of nitrogen functional groups attached to an aromatic ring is 1. The molecular formula is C8H9BrN2. The molecule has 11 heavy (non-hydrogen) atoms. The molecule has 1 heterocycles. The van der Waals surface area contributed by atoms with Crippen molar-refractivity contribution in [3.05, 3.63) is 28.4 Å². The zero-order chi connectivity index (χ0) is 8.27. The van der Waals surface area contributed by atoms with Gasteiger partial charge in [-0.25, -0.2) is 4.98 Å². The van der Waals surface area contributed by atoms with E-state index in [2.05, 4.69) is 20.9 Å². The second-order valence-electron chi connectivity index (χ2n) is 2.22. The van der Waals surface area contributed by atoms with Crippen molar-refractivity contribution < 1.29 is 0 Å². The summed E-state index contributed by atoms with van der Waals surface area (Å²) < 4.78 is 0. The van der Waals surface area contributed by atoms with Gasteiger partial charge in [0, 0.05) is 11.8 Å². The Labute approximate surface area is 74.3 Å². The van der Waals surface area contributed by atoms with Gasteiger partial charge in [0.1, 0.15) is 5.82 Å². The van der Waals surface area contributed by atoms with Crippen molar-refractivity contribution in [2.45, 2.75) is 6.92 Å². The van der Waals surface area contributed by atoms with Crippen LogP contribution in [0.3, 0.4) is 0 Å². The first-order valence-corrected chi connectivity index (χ1v) is 4.15. The molecule has 0 aliphatic carbocycles. The summed E-state index contributed by atoms with van der Waals surface area (Å²) in [4.78, 5) is 5.74. The van der Waals surface area contributed by atoms with E-state index in [-0.39, 0.29) is 0 Å². The molecule has 0 saturated heterocycles. The van der Waals surface area contributed by atoms with E-state index in [0.29, 0.717) is 5.82 Å². The van der Waals surface area contributed by atoms with Crippen molar-refractivity contribution >= 4 is 27.8 Å². The van der Waals surface area contributed by atoms with Gasteiger partial charge in [-0.15, -0.1) is 0 Å². The van der Waals surface area contributed by atoms with E-state index in [0.717, 1.165) is 11.1 Å². The predicted molar refractivity (Wildman–Crippen MR) is 51.3 cm³/mol. The molecule has 0 aliphatic rings. The van der Waals surface area contributed by atoms with E-state index in [1.165, 1.54) is 0 Å². The van der Waals surface area contributed by atoms with Crippen molar-refractivity contribution in [2.24, 2.45) is 0 Å². The van der Waals surface area contributed by atoms with Gasteiger partial charge in [0.05, 0.1) is 0 Å². The fourth-order valence-corrected chi connectivity index (χ4v) is 1.13. The van der Waals surface area contributed by atoms with Gasteiger partial charge in [0.2, 0.25) is 0 Å². The van der Waals surface area contributed by atoms with Gasteiger partial charge in [-0.3, -0.25) is 0 Å². The Morgan fingerprint density at radius 2 is 2.36 bits per heavy atom. The Morgan fingerprint density at radius 3 is 2.91 bits per heavy atom. The van der Waals surface area contributed by atoms with Crippen molar-refractivity contribution in [2.75, 3.05) is 5.73 Å². The van der Waals surface area contributed by atoms with Crippen LogP contribution in [-0.4, -0.2) is 4.98 Å². The van der Waals surface area contributed by atoms with Gasteiger partial charge >= 0.3 is 0 Å². The van der Waals surface area contributed by atoms with Crippen LogP contribution in [0, 0.1) is 6.92 Å². The Bertz CT molecular complexity index is 261. The lowest BCUT2D eigenvalue weighted by atomic mass is 10.1. The van der Waals surface area contributed by atoms with Gasteiger partial charge in [-0.2, -0.15) is 0 Å². The molecule has 0 bridgehead atoms. The van der Waals surface area contributed by atoms with Crippen LogP contribution in [0.5, 0.6) is 0 Å². The monoisotopic (exact) mass is 212 g/mol. The number of hydrogen-bond donors (Lipinski definition) is 1. The minimum absolute atomic E-state index is 0.570. The largest absolute Gasteiger partial charge is 0.383 e. The second kappa shape index (κ2) is 3.53. The average Bonchev–Trinajstić information content (AvgIpc) is 1.97. The summed E-state index contributed by atoms with van der Waals surface area (Å²) in [5.41, 5.74) is 7.73. The zero-order valence-corrected chi connectivity index (χ0v) is 7.80. The summed E-state index contributed by atoms with van der Waals surface area (Å²) >= 11 is 3.19. The summed E-state index contributed by atoms with van der Waals surface area (Å²) in [6.45, 7) is 2.00. The number of aryl methyl sites for hydroxylation is 1. The van der Waals surface area contributed by atoms with Crippen LogP contribution in [0.15, 0.2) is 17.2 Å². The molecule has 0 unspecified atom stereocenters. The number of aromatic nitrogens is 1. The molecule has 1 rings (SSSR count). The Kier molecular flexibility index (Phi) is 2.65. The Morgan fingerprint density at radius 1 is 1.64 bits per heavy atom. The van der Waals surface area contributed by atoms with Crippen molar-refractivity contribution in [3.63, 3.8) is 0 Å². The lowest BCUT2D eigenvalue weighted by Crippen LogP contribution is -1.94. The van der Waals surface area contributed by atoms with Crippen LogP contribution in [0.2, 0.25) is 0 Å². The SMILES string of the molecule is Cc1ccnc(N)c1/C=C/Br. The minimum Gasteiger partial charge on any atom is -0.383 e. The third-order valence-electron chi connectivity index (χ3n) is 1.47. The lowest BCUT2D eigenvalue weighted by molar-refractivity contribution is 1.28. The molecule has 0 fully saturated rings. The molecule has 1 aromatic rings.